The first-order valence-corrected chi connectivity index (χ1v) is 7.27. The van der Waals surface area contributed by atoms with E-state index in [-0.39, 0.29) is 0 Å². The molecule has 0 aliphatic carbocycles. The number of likely N-dealkylation sites (N-methyl/N-ethyl adjacent to an activating group) is 1. The number of aromatic nitrogens is 3. The van der Waals surface area contributed by atoms with Crippen LogP contribution in [0.25, 0.3) is 11.0 Å². The summed E-state index contributed by atoms with van der Waals surface area (Å²) < 4.78 is 0. The number of nitrogens with zero attached hydrogens (tertiary/aromatic N) is 5. The monoisotopic (exact) mass is 272 g/mol. The van der Waals surface area contributed by atoms with Gasteiger partial charge in [-0.2, -0.15) is 0 Å². The van der Waals surface area contributed by atoms with Crippen LogP contribution in [-0.2, 0) is 0 Å². The third-order valence-electron chi connectivity index (χ3n) is 4.53. The molecule has 4 rings (SSSR count). The molecule has 2 aromatic rings. The van der Waals surface area contributed by atoms with Gasteiger partial charge in [0.1, 0.15) is 17.8 Å². The zero-order chi connectivity index (χ0) is 13.5. The molecule has 0 spiro atoms. The summed E-state index contributed by atoms with van der Waals surface area (Å²) in [4.78, 5) is 19.4. The van der Waals surface area contributed by atoms with Gasteiger partial charge in [0.2, 0.25) is 0 Å². The molecule has 0 unspecified atom stereocenters. The van der Waals surface area contributed by atoms with Crippen molar-refractivity contribution in [2.75, 3.05) is 51.2 Å². The fourth-order valence-corrected chi connectivity index (χ4v) is 3.41. The third-order valence-corrected chi connectivity index (χ3v) is 4.53. The summed E-state index contributed by atoms with van der Waals surface area (Å²) in [5, 5.41) is 1.13. The summed E-state index contributed by atoms with van der Waals surface area (Å²) in [5.41, 5.74) is 0.929. The third kappa shape index (κ3) is 1.96. The Bertz CT molecular complexity index is 608. The quantitative estimate of drug-likeness (QED) is 0.814. The highest BCUT2D eigenvalue weighted by Gasteiger charge is 2.31. The summed E-state index contributed by atoms with van der Waals surface area (Å²) >= 11 is 0. The van der Waals surface area contributed by atoms with Gasteiger partial charge in [0.15, 0.2) is 0 Å². The molecule has 6 nitrogen and oxygen atoms in total. The van der Waals surface area contributed by atoms with Crippen molar-refractivity contribution in [1.29, 1.82) is 0 Å². The Balaban J connectivity index is 1.62. The molecule has 2 aliphatic heterocycles. The van der Waals surface area contributed by atoms with Gasteiger partial charge in [-0.1, -0.05) is 0 Å². The number of rotatable bonds is 1. The first kappa shape index (κ1) is 12.1. The summed E-state index contributed by atoms with van der Waals surface area (Å²) in [6.07, 6.45) is 3.60. The molecule has 2 aromatic heterocycles. The second-order valence-corrected chi connectivity index (χ2v) is 5.84. The van der Waals surface area contributed by atoms with Crippen molar-refractivity contribution in [3.63, 3.8) is 0 Å². The average molecular weight is 272 g/mol. The van der Waals surface area contributed by atoms with Crippen LogP contribution in [0.4, 0.5) is 5.82 Å². The lowest BCUT2D eigenvalue weighted by Crippen LogP contribution is -2.61. The zero-order valence-corrected chi connectivity index (χ0v) is 11.8. The van der Waals surface area contributed by atoms with E-state index in [1.165, 1.54) is 13.1 Å². The van der Waals surface area contributed by atoms with E-state index < -0.39 is 0 Å². The molecule has 0 radical (unpaired) electrons. The van der Waals surface area contributed by atoms with E-state index in [2.05, 4.69) is 42.8 Å². The van der Waals surface area contributed by atoms with E-state index in [0.717, 1.165) is 43.0 Å². The molecule has 106 valence electrons. The van der Waals surface area contributed by atoms with Gasteiger partial charge in [0.05, 0.1) is 5.39 Å². The van der Waals surface area contributed by atoms with Crippen LogP contribution in [0.1, 0.15) is 0 Å². The summed E-state index contributed by atoms with van der Waals surface area (Å²) in [7, 11) is 2.21. The van der Waals surface area contributed by atoms with Crippen LogP contribution in [0.3, 0.4) is 0 Å². The lowest BCUT2D eigenvalue weighted by Gasteiger charge is -2.46. The van der Waals surface area contributed by atoms with Crippen molar-refractivity contribution in [2.45, 2.75) is 6.04 Å². The van der Waals surface area contributed by atoms with Gasteiger partial charge in [0.25, 0.3) is 0 Å². The Morgan fingerprint density at radius 3 is 3.00 bits per heavy atom. The zero-order valence-electron chi connectivity index (χ0n) is 11.8. The summed E-state index contributed by atoms with van der Waals surface area (Å²) in [5.74, 6) is 1.07. The van der Waals surface area contributed by atoms with Crippen molar-refractivity contribution >= 4 is 16.9 Å². The van der Waals surface area contributed by atoms with Crippen LogP contribution in [0.2, 0.25) is 0 Å². The first-order valence-electron chi connectivity index (χ1n) is 7.27. The minimum atomic E-state index is 0.617. The fourth-order valence-electron chi connectivity index (χ4n) is 3.41. The number of piperazine rings is 2. The predicted molar refractivity (Wildman–Crippen MR) is 79.0 cm³/mol. The smallest absolute Gasteiger partial charge is 0.142 e. The van der Waals surface area contributed by atoms with E-state index in [1.807, 2.05) is 6.20 Å². The van der Waals surface area contributed by atoms with Crippen LogP contribution in [0.5, 0.6) is 0 Å². The molecule has 20 heavy (non-hydrogen) atoms. The molecule has 6 heteroatoms. The molecule has 0 amide bonds. The van der Waals surface area contributed by atoms with Gasteiger partial charge in [-0.3, -0.25) is 4.90 Å². The highest BCUT2D eigenvalue weighted by molar-refractivity contribution is 5.87. The number of hydrogen-bond acceptors (Lipinski definition) is 5. The molecule has 0 aromatic carbocycles. The van der Waals surface area contributed by atoms with Gasteiger partial charge >= 0.3 is 0 Å². The van der Waals surface area contributed by atoms with Crippen LogP contribution < -0.4 is 4.90 Å². The van der Waals surface area contributed by atoms with Gasteiger partial charge in [-0.25, -0.2) is 9.97 Å². The molecular formula is C14H20N6. The minimum absolute atomic E-state index is 0.617. The Morgan fingerprint density at radius 1 is 1.15 bits per heavy atom. The lowest BCUT2D eigenvalue weighted by molar-refractivity contribution is 0.0805. The molecule has 2 aliphatic rings. The highest BCUT2D eigenvalue weighted by atomic mass is 15.4. The van der Waals surface area contributed by atoms with Crippen LogP contribution in [0, 0.1) is 0 Å². The second-order valence-electron chi connectivity index (χ2n) is 5.84. The lowest BCUT2D eigenvalue weighted by atomic mass is 10.1. The average Bonchev–Trinajstić information content (AvgIpc) is 2.94. The van der Waals surface area contributed by atoms with E-state index >= 15 is 0 Å². The normalized spacial score (nSPS) is 25.1. The SMILES string of the molecule is CN1CCN2CCN(c3ncnc4[nH]ccc34)C[C@@H]2C1. The molecule has 4 heterocycles. The maximum Gasteiger partial charge on any atom is 0.142 e. The number of aromatic amines is 1. The van der Waals surface area contributed by atoms with Gasteiger partial charge in [-0.15, -0.1) is 0 Å². The number of fused-ring (bicyclic) bond motifs is 2. The van der Waals surface area contributed by atoms with E-state index in [9.17, 15) is 0 Å². The number of H-pyrrole nitrogens is 1. The standard InChI is InChI=1S/C14H20N6/c1-18-4-5-19-6-7-20(9-11(19)8-18)14-12-2-3-15-13(12)16-10-17-14/h2-3,10-11H,4-9H2,1H3,(H,15,16,17)/t11-/m0/s1. The number of nitrogens with one attached hydrogen (secondary N) is 1. The highest BCUT2D eigenvalue weighted by Crippen LogP contribution is 2.25. The Hall–Kier alpha value is -1.66. The fraction of sp³-hybridized carbons (Fsp3) is 0.571. The Labute approximate surface area is 118 Å². The van der Waals surface area contributed by atoms with Crippen molar-refractivity contribution in [2.24, 2.45) is 0 Å². The summed E-state index contributed by atoms with van der Waals surface area (Å²) in [6.45, 7) is 6.77. The molecule has 1 atom stereocenters. The Kier molecular flexibility index (Phi) is 2.85. The number of hydrogen-bond donors (Lipinski definition) is 1. The van der Waals surface area contributed by atoms with Crippen LogP contribution in [-0.4, -0.2) is 77.1 Å². The molecule has 0 saturated carbocycles. The number of anilines is 1. The van der Waals surface area contributed by atoms with Gasteiger partial charge in [0, 0.05) is 51.5 Å². The second kappa shape index (κ2) is 4.71. The van der Waals surface area contributed by atoms with E-state index in [4.69, 9.17) is 0 Å². The minimum Gasteiger partial charge on any atom is -0.353 e. The molecule has 2 saturated heterocycles. The van der Waals surface area contributed by atoms with Gasteiger partial charge < -0.3 is 14.8 Å². The molecule has 1 N–H and O–H groups in total. The van der Waals surface area contributed by atoms with Crippen LogP contribution in [0.15, 0.2) is 18.6 Å². The predicted octanol–water partition coefficient (Wildman–Crippen LogP) is 0.394. The molecular weight excluding hydrogens is 252 g/mol. The van der Waals surface area contributed by atoms with Crippen molar-refractivity contribution in [3.8, 4) is 0 Å². The van der Waals surface area contributed by atoms with Crippen molar-refractivity contribution < 1.29 is 0 Å². The van der Waals surface area contributed by atoms with E-state index in [0.29, 0.717) is 6.04 Å². The maximum atomic E-state index is 4.52. The molecule has 2 fully saturated rings. The first-order chi connectivity index (χ1) is 9.81. The van der Waals surface area contributed by atoms with Gasteiger partial charge in [-0.05, 0) is 13.1 Å². The maximum absolute atomic E-state index is 4.52. The largest absolute Gasteiger partial charge is 0.353 e. The Morgan fingerprint density at radius 2 is 2.05 bits per heavy atom. The topological polar surface area (TPSA) is 51.3 Å². The van der Waals surface area contributed by atoms with Crippen molar-refractivity contribution in [3.05, 3.63) is 18.6 Å². The van der Waals surface area contributed by atoms with Crippen LogP contribution >= 0.6 is 0 Å². The van der Waals surface area contributed by atoms with Crippen molar-refractivity contribution in [1.82, 2.24) is 24.8 Å². The molecule has 0 bridgehead atoms. The summed E-state index contributed by atoms with van der Waals surface area (Å²) in [6, 6.07) is 2.69. The van der Waals surface area contributed by atoms with E-state index in [1.54, 1.807) is 6.33 Å².